The van der Waals surface area contributed by atoms with Crippen LogP contribution in [0.2, 0.25) is 0 Å². The average Bonchev–Trinajstić information content (AvgIpc) is 3.28. The van der Waals surface area contributed by atoms with Crippen molar-refractivity contribution in [2.24, 2.45) is 0 Å². The van der Waals surface area contributed by atoms with E-state index >= 15 is 0 Å². The molecule has 8 nitrogen and oxygen atoms in total. The summed E-state index contributed by atoms with van der Waals surface area (Å²) in [6, 6.07) is -0.874. The number of unbranched alkanes of at least 4 members (excludes halogenated alkanes) is 23. The molecule has 0 saturated heterocycles. The van der Waals surface area contributed by atoms with Crippen molar-refractivity contribution in [3.05, 3.63) is 85.1 Å². The van der Waals surface area contributed by atoms with Crippen molar-refractivity contribution in [3.8, 4) is 0 Å². The fourth-order valence-corrected chi connectivity index (χ4v) is 8.09. The SMILES string of the molecule is CC/C=C\C/C=C\C/C=C\C/C=C\CCCCCCCCCCCCCCCCC(=O)NC(COP(=O)(O)OCC[N+](C)(C)C)C(O)/C=C/CC/C=C/CC/C=C/CCCCCCCCC. The summed E-state index contributed by atoms with van der Waals surface area (Å²) >= 11 is 0. The lowest BCUT2D eigenvalue weighted by Gasteiger charge is -2.25. The van der Waals surface area contributed by atoms with E-state index in [0.717, 1.165) is 70.6 Å². The predicted octanol–water partition coefficient (Wildman–Crippen LogP) is 16.1. The maximum absolute atomic E-state index is 13.0. The number of phosphoric ester groups is 1. The van der Waals surface area contributed by atoms with E-state index < -0.39 is 20.0 Å². The lowest BCUT2D eigenvalue weighted by molar-refractivity contribution is -0.870. The highest BCUT2D eigenvalue weighted by Crippen LogP contribution is 2.43. The molecule has 0 aromatic heterocycles. The molecule has 0 aliphatic carbocycles. The molecule has 0 aromatic carbocycles. The molecule has 0 rings (SSSR count). The van der Waals surface area contributed by atoms with Gasteiger partial charge in [0.25, 0.3) is 0 Å². The van der Waals surface area contributed by atoms with Gasteiger partial charge < -0.3 is 19.8 Å². The summed E-state index contributed by atoms with van der Waals surface area (Å²) < 4.78 is 23.6. The van der Waals surface area contributed by atoms with Gasteiger partial charge in [-0.15, -0.1) is 0 Å². The molecule has 0 heterocycles. The fourth-order valence-electron chi connectivity index (χ4n) is 7.36. The highest BCUT2D eigenvalue weighted by molar-refractivity contribution is 7.47. The van der Waals surface area contributed by atoms with Crippen LogP contribution in [0.3, 0.4) is 0 Å². The number of amides is 1. The van der Waals surface area contributed by atoms with Gasteiger partial charge >= 0.3 is 7.82 Å². The van der Waals surface area contributed by atoms with Crippen LogP contribution in [-0.4, -0.2) is 73.4 Å². The Bertz CT molecular complexity index is 1350. The van der Waals surface area contributed by atoms with Crippen LogP contribution >= 0.6 is 7.82 Å². The molecule has 1 amide bonds. The van der Waals surface area contributed by atoms with E-state index in [2.05, 4.69) is 92.1 Å². The van der Waals surface area contributed by atoms with Crippen LogP contribution in [0.25, 0.3) is 0 Å². The molecule has 0 bridgehead atoms. The number of rotatable bonds is 48. The Morgan fingerprint density at radius 2 is 0.924 bits per heavy atom. The van der Waals surface area contributed by atoms with E-state index in [-0.39, 0.29) is 19.1 Å². The van der Waals surface area contributed by atoms with Crippen molar-refractivity contribution < 1.29 is 32.9 Å². The maximum Gasteiger partial charge on any atom is 0.472 e. The van der Waals surface area contributed by atoms with Crippen LogP contribution in [0.4, 0.5) is 0 Å². The van der Waals surface area contributed by atoms with Gasteiger partial charge in [0.05, 0.1) is 39.9 Å². The minimum absolute atomic E-state index is 0.0504. The summed E-state index contributed by atoms with van der Waals surface area (Å²) in [6.45, 7) is 4.66. The Balaban J connectivity index is 4.27. The molecule has 0 radical (unpaired) electrons. The van der Waals surface area contributed by atoms with Crippen molar-refractivity contribution in [1.82, 2.24) is 5.32 Å². The summed E-state index contributed by atoms with van der Waals surface area (Å²) in [5.41, 5.74) is 0. The third kappa shape index (κ3) is 49.6. The molecule has 9 heteroatoms. The monoisotopic (exact) mass is 944 g/mol. The minimum atomic E-state index is -4.36. The van der Waals surface area contributed by atoms with Crippen molar-refractivity contribution in [3.63, 3.8) is 0 Å². The summed E-state index contributed by atoms with van der Waals surface area (Å²) in [7, 11) is 1.54. The van der Waals surface area contributed by atoms with Crippen molar-refractivity contribution >= 4 is 13.7 Å². The Morgan fingerprint density at radius 1 is 0.530 bits per heavy atom. The zero-order chi connectivity index (χ0) is 48.5. The van der Waals surface area contributed by atoms with Gasteiger partial charge in [-0.3, -0.25) is 13.8 Å². The Hall–Kier alpha value is -2.32. The van der Waals surface area contributed by atoms with Gasteiger partial charge in [-0.1, -0.05) is 214 Å². The van der Waals surface area contributed by atoms with Crippen LogP contribution in [0.5, 0.6) is 0 Å². The second kappa shape index (κ2) is 47.7. The standard InChI is InChI=1S/C57H103N2O6P/c1-6-8-10-12-14-16-18-20-22-24-25-26-27-28-29-30-31-32-33-35-37-39-41-43-45-47-49-51-57(61)58-55(54-65-66(62,63)64-53-52-59(3,4)5)56(60)50-48-46-44-42-40-38-36-34-23-21-19-17-15-13-11-9-7-2/h8,10,14,16,20,22-23,25-26,34,40,42,48,50,55-56,60H,6-7,9,11-13,15,17-19,21,24,27-33,35-39,41,43-47,49,51-54H2,1-5H3,(H-,58,61,62,63)/p+1/b10-8-,16-14-,22-20-,26-25-,34-23+,42-40+,50-48+. The zero-order valence-electron chi connectivity index (χ0n) is 43.4. The van der Waals surface area contributed by atoms with E-state index in [1.165, 1.54) is 128 Å². The molecule has 0 aromatic rings. The molecule has 3 N–H and O–H groups in total. The normalized spacial score (nSPS) is 14.7. The van der Waals surface area contributed by atoms with Crippen LogP contribution in [0, 0.1) is 0 Å². The lowest BCUT2D eigenvalue weighted by atomic mass is 10.0. The smallest absolute Gasteiger partial charge is 0.387 e. The first kappa shape index (κ1) is 63.7. The second-order valence-electron chi connectivity index (χ2n) is 19.2. The first-order chi connectivity index (χ1) is 32.0. The van der Waals surface area contributed by atoms with Gasteiger partial charge in [0.1, 0.15) is 13.2 Å². The zero-order valence-corrected chi connectivity index (χ0v) is 44.3. The number of likely N-dealkylation sites (N-methyl/N-ethyl adjacent to an activating group) is 1. The van der Waals surface area contributed by atoms with Crippen molar-refractivity contribution in [1.29, 1.82) is 0 Å². The number of carbonyl (C=O) groups excluding carboxylic acids is 1. The molecule has 0 aliphatic heterocycles. The van der Waals surface area contributed by atoms with E-state index in [0.29, 0.717) is 17.4 Å². The van der Waals surface area contributed by atoms with E-state index in [1.54, 1.807) is 6.08 Å². The quantitative estimate of drug-likeness (QED) is 0.0243. The van der Waals surface area contributed by atoms with Gasteiger partial charge in [0, 0.05) is 6.42 Å². The first-order valence-corrected chi connectivity index (χ1v) is 28.5. The number of allylic oxidation sites excluding steroid dienone is 13. The van der Waals surface area contributed by atoms with Gasteiger partial charge in [-0.05, 0) is 83.5 Å². The Kier molecular flexibility index (Phi) is 46.1. The van der Waals surface area contributed by atoms with Crippen LogP contribution in [0.15, 0.2) is 85.1 Å². The summed E-state index contributed by atoms with van der Waals surface area (Å²) in [5.74, 6) is -0.194. The number of nitrogens with one attached hydrogen (secondary N) is 1. The van der Waals surface area contributed by atoms with E-state index in [1.807, 2.05) is 27.2 Å². The molecule has 0 spiro atoms. The number of quaternary nitrogens is 1. The molecule has 3 unspecified atom stereocenters. The third-order valence-corrected chi connectivity index (χ3v) is 12.6. The molecule has 3 atom stereocenters. The lowest BCUT2D eigenvalue weighted by Crippen LogP contribution is -2.45. The van der Waals surface area contributed by atoms with Crippen molar-refractivity contribution in [2.45, 2.75) is 231 Å². The first-order valence-electron chi connectivity index (χ1n) is 27.0. The molecule has 66 heavy (non-hydrogen) atoms. The minimum Gasteiger partial charge on any atom is -0.387 e. The van der Waals surface area contributed by atoms with Crippen LogP contribution in [0.1, 0.15) is 219 Å². The molecule has 0 fully saturated rings. The number of carbonyl (C=O) groups is 1. The van der Waals surface area contributed by atoms with E-state index in [9.17, 15) is 19.4 Å². The molecular formula is C57H104N2O6P+. The van der Waals surface area contributed by atoms with Gasteiger partial charge in [0.2, 0.25) is 5.91 Å². The topological polar surface area (TPSA) is 105 Å². The number of hydrogen-bond acceptors (Lipinski definition) is 5. The van der Waals surface area contributed by atoms with Crippen LogP contribution < -0.4 is 5.32 Å². The number of phosphoric acid groups is 1. The number of aliphatic hydroxyl groups is 1. The summed E-state index contributed by atoms with van der Waals surface area (Å²) in [6.07, 6.45) is 66.7. The van der Waals surface area contributed by atoms with Gasteiger partial charge in [-0.25, -0.2) is 4.57 Å². The van der Waals surface area contributed by atoms with Crippen LogP contribution in [-0.2, 0) is 18.4 Å². The molecular weight excluding hydrogens is 840 g/mol. The Labute approximate surface area is 407 Å². The molecule has 0 saturated carbocycles. The van der Waals surface area contributed by atoms with E-state index in [4.69, 9.17) is 9.05 Å². The maximum atomic E-state index is 13.0. The highest BCUT2D eigenvalue weighted by Gasteiger charge is 2.27. The number of aliphatic hydroxyl groups excluding tert-OH is 1. The Morgan fingerprint density at radius 3 is 1.39 bits per heavy atom. The molecule has 0 aliphatic rings. The van der Waals surface area contributed by atoms with Gasteiger partial charge in [0.15, 0.2) is 0 Å². The highest BCUT2D eigenvalue weighted by atomic mass is 31.2. The predicted molar refractivity (Wildman–Crippen MR) is 286 cm³/mol. The fraction of sp³-hybridized carbons (Fsp3) is 0.737. The summed E-state index contributed by atoms with van der Waals surface area (Å²) in [5, 5.41) is 13.9. The molecule has 382 valence electrons. The second-order valence-corrected chi connectivity index (χ2v) is 20.7. The number of hydrogen-bond donors (Lipinski definition) is 3. The largest absolute Gasteiger partial charge is 0.472 e. The van der Waals surface area contributed by atoms with Crippen molar-refractivity contribution in [2.75, 3.05) is 40.9 Å². The summed E-state index contributed by atoms with van der Waals surface area (Å²) in [4.78, 5) is 23.2. The number of nitrogens with zero attached hydrogens (tertiary/aromatic N) is 1. The third-order valence-electron chi connectivity index (χ3n) is 11.6. The average molecular weight is 944 g/mol. The van der Waals surface area contributed by atoms with Gasteiger partial charge in [-0.2, -0.15) is 0 Å².